The van der Waals surface area contributed by atoms with Crippen molar-refractivity contribution in [1.82, 2.24) is 5.32 Å². The fraction of sp³-hybridized carbons (Fsp3) is 0.429. The van der Waals surface area contributed by atoms with Crippen LogP contribution in [0.25, 0.3) is 0 Å². The van der Waals surface area contributed by atoms with Crippen molar-refractivity contribution < 1.29 is 4.79 Å². The fourth-order valence-electron chi connectivity index (χ4n) is 2.25. The minimum Gasteiger partial charge on any atom is -0.370 e. The summed E-state index contributed by atoms with van der Waals surface area (Å²) in [7, 11) is 0. The maximum absolute atomic E-state index is 11.3. The number of nitrogens with one attached hydrogen (secondary N) is 2. The molecule has 0 radical (unpaired) electrons. The van der Waals surface area contributed by atoms with E-state index in [4.69, 9.17) is 5.73 Å². The maximum Gasteiger partial charge on any atom is 0.241 e. The van der Waals surface area contributed by atoms with Crippen LogP contribution in [-0.4, -0.2) is 25.0 Å². The Labute approximate surface area is 136 Å². The Kier molecular flexibility index (Phi) is 6.77. The van der Waals surface area contributed by atoms with Crippen LogP contribution in [0.1, 0.15) is 24.5 Å². The number of benzene rings is 1. The van der Waals surface area contributed by atoms with Gasteiger partial charge in [0.05, 0.1) is 0 Å². The number of rotatable bonds is 4. The molecule has 4 N–H and O–H groups in total. The SMILES string of the molecule is CCNC(=O)CN=C(N)Nc1ccc2c(c1)CCC2.I. The molecule has 1 aromatic carbocycles. The van der Waals surface area contributed by atoms with E-state index in [-0.39, 0.29) is 42.4 Å². The lowest BCUT2D eigenvalue weighted by Gasteiger charge is -2.08. The minimum atomic E-state index is -0.124. The lowest BCUT2D eigenvalue weighted by atomic mass is 10.1. The average molecular weight is 388 g/mol. The number of hydrogen-bond acceptors (Lipinski definition) is 2. The molecule has 0 heterocycles. The Morgan fingerprint density at radius 2 is 2.10 bits per heavy atom. The summed E-state index contributed by atoms with van der Waals surface area (Å²) in [6.07, 6.45) is 3.51. The molecule has 0 fully saturated rings. The van der Waals surface area contributed by atoms with E-state index < -0.39 is 0 Å². The number of carbonyl (C=O) groups excluding carboxylic acids is 1. The number of hydrogen-bond donors (Lipinski definition) is 3. The number of anilines is 1. The van der Waals surface area contributed by atoms with Gasteiger partial charge in [0.25, 0.3) is 0 Å². The summed E-state index contributed by atoms with van der Waals surface area (Å²) < 4.78 is 0. The summed E-state index contributed by atoms with van der Waals surface area (Å²) in [5.74, 6) is 0.144. The summed E-state index contributed by atoms with van der Waals surface area (Å²) in [5, 5.41) is 5.69. The van der Waals surface area contributed by atoms with Gasteiger partial charge in [-0.15, -0.1) is 24.0 Å². The normalized spacial score (nSPS) is 13.3. The first kappa shape index (κ1) is 16.7. The van der Waals surface area contributed by atoms with Crippen molar-refractivity contribution in [2.75, 3.05) is 18.4 Å². The van der Waals surface area contributed by atoms with Crippen molar-refractivity contribution in [3.8, 4) is 0 Å². The maximum atomic E-state index is 11.3. The zero-order valence-electron chi connectivity index (χ0n) is 11.6. The van der Waals surface area contributed by atoms with Gasteiger partial charge in [0.1, 0.15) is 6.54 Å². The predicted octanol–water partition coefficient (Wildman–Crippen LogP) is 1.66. The molecular weight excluding hydrogens is 367 g/mol. The fourth-order valence-corrected chi connectivity index (χ4v) is 2.25. The molecule has 20 heavy (non-hydrogen) atoms. The molecule has 0 aliphatic heterocycles. The van der Waals surface area contributed by atoms with E-state index in [1.807, 2.05) is 13.0 Å². The number of aryl methyl sites for hydroxylation is 2. The van der Waals surface area contributed by atoms with Crippen molar-refractivity contribution in [2.24, 2.45) is 10.7 Å². The third kappa shape index (κ3) is 4.66. The number of amides is 1. The molecule has 0 atom stereocenters. The second kappa shape index (κ2) is 8.08. The van der Waals surface area contributed by atoms with Gasteiger partial charge in [-0.25, -0.2) is 4.99 Å². The van der Waals surface area contributed by atoms with Gasteiger partial charge in [0, 0.05) is 12.2 Å². The van der Waals surface area contributed by atoms with E-state index in [9.17, 15) is 4.79 Å². The monoisotopic (exact) mass is 388 g/mol. The first-order chi connectivity index (χ1) is 9.19. The van der Waals surface area contributed by atoms with Crippen LogP contribution in [-0.2, 0) is 17.6 Å². The number of nitrogens with zero attached hydrogens (tertiary/aromatic N) is 1. The van der Waals surface area contributed by atoms with Crippen LogP contribution in [0.2, 0.25) is 0 Å². The molecule has 5 nitrogen and oxygen atoms in total. The molecule has 0 saturated carbocycles. The minimum absolute atomic E-state index is 0. The Bertz CT molecular complexity index is 502. The number of carbonyl (C=O) groups is 1. The number of halogens is 1. The van der Waals surface area contributed by atoms with Crippen molar-refractivity contribution in [3.63, 3.8) is 0 Å². The second-order valence-corrected chi connectivity index (χ2v) is 4.62. The predicted molar refractivity (Wildman–Crippen MR) is 92.7 cm³/mol. The topological polar surface area (TPSA) is 79.5 Å². The molecule has 0 aromatic heterocycles. The van der Waals surface area contributed by atoms with Gasteiger partial charge in [-0.05, 0) is 49.4 Å². The quantitative estimate of drug-likeness (QED) is 0.417. The molecule has 6 heteroatoms. The van der Waals surface area contributed by atoms with E-state index in [1.165, 1.54) is 17.5 Å². The lowest BCUT2D eigenvalue weighted by molar-refractivity contribution is -0.119. The second-order valence-electron chi connectivity index (χ2n) is 4.62. The van der Waals surface area contributed by atoms with E-state index in [0.717, 1.165) is 18.5 Å². The van der Waals surface area contributed by atoms with Gasteiger partial charge in [-0.3, -0.25) is 4.79 Å². The highest BCUT2D eigenvalue weighted by Crippen LogP contribution is 2.24. The Morgan fingerprint density at radius 3 is 2.85 bits per heavy atom. The van der Waals surface area contributed by atoms with Gasteiger partial charge >= 0.3 is 0 Å². The molecule has 1 aliphatic carbocycles. The third-order valence-corrected chi connectivity index (χ3v) is 3.14. The van der Waals surface area contributed by atoms with Crippen LogP contribution in [0, 0.1) is 0 Å². The van der Waals surface area contributed by atoms with Gasteiger partial charge < -0.3 is 16.4 Å². The van der Waals surface area contributed by atoms with E-state index in [2.05, 4.69) is 27.8 Å². The van der Waals surface area contributed by atoms with E-state index in [0.29, 0.717) is 6.54 Å². The highest BCUT2D eigenvalue weighted by molar-refractivity contribution is 14.0. The molecule has 1 amide bonds. The summed E-state index contributed by atoms with van der Waals surface area (Å²) in [4.78, 5) is 15.3. The lowest BCUT2D eigenvalue weighted by Crippen LogP contribution is -2.28. The van der Waals surface area contributed by atoms with Crippen LogP contribution >= 0.6 is 24.0 Å². The molecule has 1 aliphatic rings. The average Bonchev–Trinajstić information content (AvgIpc) is 2.84. The number of likely N-dealkylation sites (N-methyl/N-ethyl adjacent to an activating group) is 1. The zero-order valence-corrected chi connectivity index (χ0v) is 13.9. The number of nitrogens with two attached hydrogens (primary N) is 1. The molecule has 0 bridgehead atoms. The van der Waals surface area contributed by atoms with Gasteiger partial charge in [-0.2, -0.15) is 0 Å². The van der Waals surface area contributed by atoms with Crippen LogP contribution in [0.4, 0.5) is 5.69 Å². The van der Waals surface area contributed by atoms with Gasteiger partial charge in [0.15, 0.2) is 5.96 Å². The standard InChI is InChI=1S/C14H20N4O.HI/c1-2-16-13(19)9-17-14(15)18-12-7-6-10-4-3-5-11(10)8-12;/h6-8H,2-5,9H2,1H3,(H,16,19)(H3,15,17,18);1H. The molecule has 2 rings (SSSR count). The first-order valence-corrected chi connectivity index (χ1v) is 6.64. The highest BCUT2D eigenvalue weighted by atomic mass is 127. The number of fused-ring (bicyclic) bond motifs is 1. The third-order valence-electron chi connectivity index (χ3n) is 3.14. The first-order valence-electron chi connectivity index (χ1n) is 6.64. The van der Waals surface area contributed by atoms with Crippen molar-refractivity contribution in [1.29, 1.82) is 0 Å². The summed E-state index contributed by atoms with van der Waals surface area (Å²) in [5.41, 5.74) is 9.48. The Hall–Kier alpha value is -1.31. The van der Waals surface area contributed by atoms with Gasteiger partial charge in [0.2, 0.25) is 5.91 Å². The van der Waals surface area contributed by atoms with Crippen molar-refractivity contribution >= 4 is 41.5 Å². The van der Waals surface area contributed by atoms with E-state index >= 15 is 0 Å². The molecule has 1 aromatic rings. The Morgan fingerprint density at radius 1 is 1.35 bits per heavy atom. The molecule has 0 unspecified atom stereocenters. The van der Waals surface area contributed by atoms with Crippen LogP contribution in [0.15, 0.2) is 23.2 Å². The summed E-state index contributed by atoms with van der Waals surface area (Å²) in [6, 6.07) is 6.23. The molecule has 110 valence electrons. The van der Waals surface area contributed by atoms with Gasteiger partial charge in [-0.1, -0.05) is 6.07 Å². The van der Waals surface area contributed by atoms with Crippen LogP contribution in [0.3, 0.4) is 0 Å². The van der Waals surface area contributed by atoms with Crippen LogP contribution < -0.4 is 16.4 Å². The molecular formula is C14H21IN4O. The smallest absolute Gasteiger partial charge is 0.241 e. The molecule has 0 saturated heterocycles. The highest BCUT2D eigenvalue weighted by Gasteiger charge is 2.10. The Balaban J connectivity index is 0.00000200. The summed E-state index contributed by atoms with van der Waals surface area (Å²) in [6.45, 7) is 2.53. The zero-order chi connectivity index (χ0) is 13.7. The van der Waals surface area contributed by atoms with Crippen LogP contribution in [0.5, 0.6) is 0 Å². The largest absolute Gasteiger partial charge is 0.370 e. The number of aliphatic imine (C=N–C) groups is 1. The van der Waals surface area contributed by atoms with Crippen molar-refractivity contribution in [3.05, 3.63) is 29.3 Å². The molecule has 0 spiro atoms. The van der Waals surface area contributed by atoms with Crippen molar-refractivity contribution in [2.45, 2.75) is 26.2 Å². The summed E-state index contributed by atoms with van der Waals surface area (Å²) >= 11 is 0. The number of guanidine groups is 1. The van der Waals surface area contributed by atoms with E-state index in [1.54, 1.807) is 0 Å².